The van der Waals surface area contributed by atoms with Crippen molar-refractivity contribution in [1.82, 2.24) is 20.1 Å². The molecule has 2 heterocycles. The van der Waals surface area contributed by atoms with Gasteiger partial charge in [-0.2, -0.15) is 0 Å². The average Bonchev–Trinajstić information content (AvgIpc) is 2.98. The molecule has 0 spiro atoms. The second kappa shape index (κ2) is 12.2. The van der Waals surface area contributed by atoms with E-state index in [1.165, 1.54) is 11.1 Å². The molecular formula is C32H37N5O. The van der Waals surface area contributed by atoms with Crippen LogP contribution in [0.25, 0.3) is 10.9 Å². The molecule has 0 bridgehead atoms. The summed E-state index contributed by atoms with van der Waals surface area (Å²) >= 11 is 0. The Labute approximate surface area is 225 Å². The van der Waals surface area contributed by atoms with E-state index in [2.05, 4.69) is 76.2 Å². The normalized spacial score (nSPS) is 14.8. The van der Waals surface area contributed by atoms with Crippen molar-refractivity contribution >= 4 is 22.5 Å². The number of para-hydroxylation sites is 1. The Balaban J connectivity index is 1.38. The molecule has 5 rings (SSSR count). The van der Waals surface area contributed by atoms with Crippen LogP contribution in [-0.2, 0) is 6.54 Å². The summed E-state index contributed by atoms with van der Waals surface area (Å²) in [4.78, 5) is 22.1. The van der Waals surface area contributed by atoms with Crippen molar-refractivity contribution in [2.75, 3.05) is 44.6 Å². The fourth-order valence-electron chi connectivity index (χ4n) is 5.27. The molecule has 1 amide bonds. The van der Waals surface area contributed by atoms with Crippen LogP contribution in [0.4, 0.5) is 5.69 Å². The van der Waals surface area contributed by atoms with Crippen LogP contribution in [0.1, 0.15) is 47.1 Å². The number of nitrogens with zero attached hydrogens (tertiary/aromatic N) is 3. The van der Waals surface area contributed by atoms with Gasteiger partial charge in [0, 0.05) is 55.9 Å². The average molecular weight is 508 g/mol. The van der Waals surface area contributed by atoms with Gasteiger partial charge in [-0.25, -0.2) is 0 Å². The van der Waals surface area contributed by atoms with Gasteiger partial charge in [0.1, 0.15) is 0 Å². The number of rotatable bonds is 9. The summed E-state index contributed by atoms with van der Waals surface area (Å²) in [6.07, 6.45) is 0. The van der Waals surface area contributed by atoms with Gasteiger partial charge < -0.3 is 15.5 Å². The van der Waals surface area contributed by atoms with Crippen LogP contribution >= 0.6 is 0 Å². The first-order chi connectivity index (χ1) is 18.7. The van der Waals surface area contributed by atoms with Crippen molar-refractivity contribution in [3.63, 3.8) is 0 Å². The Kier molecular flexibility index (Phi) is 8.31. The Bertz CT molecular complexity index is 1360. The zero-order chi connectivity index (χ0) is 26.3. The highest BCUT2D eigenvalue weighted by molar-refractivity contribution is 5.94. The number of piperazine rings is 1. The smallest absolute Gasteiger partial charge is 0.253 e. The van der Waals surface area contributed by atoms with Crippen molar-refractivity contribution in [3.05, 3.63) is 107 Å². The lowest BCUT2D eigenvalue weighted by Gasteiger charge is -2.36. The highest BCUT2D eigenvalue weighted by Gasteiger charge is 2.24. The van der Waals surface area contributed by atoms with Gasteiger partial charge in [0.2, 0.25) is 0 Å². The number of aromatic nitrogens is 1. The fraction of sp³-hybridized carbons (Fsp3) is 0.312. The molecule has 1 atom stereocenters. The molecule has 2 N–H and O–H groups in total. The van der Waals surface area contributed by atoms with Gasteiger partial charge in [0.05, 0.1) is 23.8 Å². The standard InChI is InChI=1S/C32H37N5O/c1-3-36(4-2)32(38)26-14-12-25(13-15-26)31(37-20-18-33-19-21-37)27-9-7-10-28(22-27)34-23-29-17-16-24-8-5-6-11-30(24)35-29/h5-17,22,31,33-34H,3-4,18-21,23H2,1-2H3/t31-/m0/s1. The second-order valence-corrected chi connectivity index (χ2v) is 9.76. The minimum atomic E-state index is 0.0915. The molecule has 1 aliphatic rings. The van der Waals surface area contributed by atoms with E-state index in [0.29, 0.717) is 6.54 Å². The molecule has 0 radical (unpaired) electrons. The van der Waals surface area contributed by atoms with E-state index in [9.17, 15) is 4.79 Å². The molecule has 1 aromatic heterocycles. The van der Waals surface area contributed by atoms with Crippen LogP contribution < -0.4 is 10.6 Å². The summed E-state index contributed by atoms with van der Waals surface area (Å²) in [5, 5.41) is 8.21. The van der Waals surface area contributed by atoms with Crippen LogP contribution in [0, 0.1) is 0 Å². The molecule has 6 heteroatoms. The van der Waals surface area contributed by atoms with Crippen LogP contribution in [0.5, 0.6) is 0 Å². The lowest BCUT2D eigenvalue weighted by Crippen LogP contribution is -2.45. The predicted molar refractivity (Wildman–Crippen MR) is 155 cm³/mol. The molecule has 4 aromatic rings. The number of benzene rings is 3. The Morgan fingerprint density at radius 1 is 0.921 bits per heavy atom. The summed E-state index contributed by atoms with van der Waals surface area (Å²) in [5.74, 6) is 0.0915. The number of anilines is 1. The molecular weight excluding hydrogens is 470 g/mol. The third kappa shape index (κ3) is 5.87. The molecule has 196 valence electrons. The Morgan fingerprint density at radius 3 is 2.45 bits per heavy atom. The highest BCUT2D eigenvalue weighted by atomic mass is 16.2. The summed E-state index contributed by atoms with van der Waals surface area (Å²) in [6.45, 7) is 10.0. The summed E-state index contributed by atoms with van der Waals surface area (Å²) in [7, 11) is 0. The maximum Gasteiger partial charge on any atom is 0.253 e. The van der Waals surface area contributed by atoms with Crippen LogP contribution in [-0.4, -0.2) is 60.0 Å². The molecule has 38 heavy (non-hydrogen) atoms. The third-order valence-electron chi connectivity index (χ3n) is 7.37. The van der Waals surface area contributed by atoms with E-state index in [0.717, 1.165) is 67.1 Å². The third-order valence-corrected chi connectivity index (χ3v) is 7.37. The molecule has 1 saturated heterocycles. The number of carbonyl (C=O) groups excluding carboxylic acids is 1. The molecule has 3 aromatic carbocycles. The van der Waals surface area contributed by atoms with Gasteiger partial charge in [-0.05, 0) is 61.4 Å². The number of carbonyl (C=O) groups is 1. The van der Waals surface area contributed by atoms with Gasteiger partial charge >= 0.3 is 0 Å². The number of hydrogen-bond donors (Lipinski definition) is 2. The number of fused-ring (bicyclic) bond motifs is 1. The number of hydrogen-bond acceptors (Lipinski definition) is 5. The number of nitrogens with one attached hydrogen (secondary N) is 2. The molecule has 1 fully saturated rings. The molecule has 6 nitrogen and oxygen atoms in total. The summed E-state index contributed by atoms with van der Waals surface area (Å²) in [5.41, 5.74) is 6.30. The van der Waals surface area contributed by atoms with Crippen LogP contribution in [0.2, 0.25) is 0 Å². The van der Waals surface area contributed by atoms with Crippen molar-refractivity contribution in [2.24, 2.45) is 0 Å². The lowest BCUT2D eigenvalue weighted by molar-refractivity contribution is 0.0773. The molecule has 0 saturated carbocycles. The highest BCUT2D eigenvalue weighted by Crippen LogP contribution is 2.31. The van der Waals surface area contributed by atoms with E-state index in [1.54, 1.807) is 0 Å². The first-order valence-electron chi connectivity index (χ1n) is 13.7. The molecule has 1 aliphatic heterocycles. The second-order valence-electron chi connectivity index (χ2n) is 9.76. The first kappa shape index (κ1) is 25.9. The van der Waals surface area contributed by atoms with E-state index in [-0.39, 0.29) is 11.9 Å². The van der Waals surface area contributed by atoms with E-state index >= 15 is 0 Å². The monoisotopic (exact) mass is 507 g/mol. The van der Waals surface area contributed by atoms with Gasteiger partial charge in [-0.15, -0.1) is 0 Å². The van der Waals surface area contributed by atoms with E-state index < -0.39 is 0 Å². The fourth-order valence-corrected chi connectivity index (χ4v) is 5.27. The summed E-state index contributed by atoms with van der Waals surface area (Å²) in [6, 6.07) is 29.5. The van der Waals surface area contributed by atoms with E-state index in [1.807, 2.05) is 43.0 Å². The quantitative estimate of drug-likeness (QED) is 0.321. The zero-order valence-corrected chi connectivity index (χ0v) is 22.4. The van der Waals surface area contributed by atoms with Crippen LogP contribution in [0.15, 0.2) is 84.9 Å². The topological polar surface area (TPSA) is 60.5 Å². The summed E-state index contributed by atoms with van der Waals surface area (Å²) < 4.78 is 0. The molecule has 0 unspecified atom stereocenters. The van der Waals surface area contributed by atoms with Crippen molar-refractivity contribution < 1.29 is 4.79 Å². The Morgan fingerprint density at radius 2 is 1.68 bits per heavy atom. The predicted octanol–water partition coefficient (Wildman–Crippen LogP) is 5.32. The SMILES string of the molecule is CCN(CC)C(=O)c1ccc([C@@H](c2cccc(NCc3ccc4ccccc4n3)c2)N2CCNCC2)cc1. The van der Waals surface area contributed by atoms with Crippen molar-refractivity contribution in [2.45, 2.75) is 26.4 Å². The minimum Gasteiger partial charge on any atom is -0.379 e. The van der Waals surface area contributed by atoms with Gasteiger partial charge in [-0.3, -0.25) is 14.7 Å². The van der Waals surface area contributed by atoms with Gasteiger partial charge in [0.15, 0.2) is 0 Å². The van der Waals surface area contributed by atoms with Crippen molar-refractivity contribution in [3.8, 4) is 0 Å². The van der Waals surface area contributed by atoms with Crippen molar-refractivity contribution in [1.29, 1.82) is 0 Å². The first-order valence-corrected chi connectivity index (χ1v) is 13.7. The number of pyridine rings is 1. The van der Waals surface area contributed by atoms with Gasteiger partial charge in [-0.1, -0.05) is 48.5 Å². The largest absolute Gasteiger partial charge is 0.379 e. The van der Waals surface area contributed by atoms with E-state index in [4.69, 9.17) is 4.98 Å². The maximum absolute atomic E-state index is 12.9. The number of amides is 1. The maximum atomic E-state index is 12.9. The van der Waals surface area contributed by atoms with Crippen LogP contribution in [0.3, 0.4) is 0 Å². The Hall–Kier alpha value is -3.74. The van der Waals surface area contributed by atoms with Gasteiger partial charge in [0.25, 0.3) is 5.91 Å². The molecule has 0 aliphatic carbocycles. The lowest BCUT2D eigenvalue weighted by atomic mass is 9.95. The zero-order valence-electron chi connectivity index (χ0n) is 22.4. The minimum absolute atomic E-state index is 0.0915.